The van der Waals surface area contributed by atoms with Gasteiger partial charge in [0.2, 0.25) is 5.91 Å². The molecule has 16 heavy (non-hydrogen) atoms. The van der Waals surface area contributed by atoms with E-state index >= 15 is 0 Å². The molecule has 0 aliphatic heterocycles. The van der Waals surface area contributed by atoms with Crippen LogP contribution in [-0.2, 0) is 10.1 Å². The highest BCUT2D eigenvalue weighted by molar-refractivity contribution is 9.08. The Morgan fingerprint density at radius 3 is 2.69 bits per heavy atom. The van der Waals surface area contributed by atoms with E-state index in [-0.39, 0.29) is 6.42 Å². The lowest BCUT2D eigenvalue weighted by Crippen LogP contribution is -2.25. The monoisotopic (exact) mass is 287 g/mol. The molecule has 88 valence electrons. The minimum Gasteiger partial charge on any atom is -0.390 e. The zero-order valence-corrected chi connectivity index (χ0v) is 10.2. The lowest BCUT2D eigenvalue weighted by molar-refractivity contribution is -0.121. The van der Waals surface area contributed by atoms with Crippen LogP contribution in [0.1, 0.15) is 23.7 Å². The van der Waals surface area contributed by atoms with Gasteiger partial charge < -0.3 is 15.9 Å². The predicted molar refractivity (Wildman–Crippen MR) is 63.9 cm³/mol. The summed E-state index contributed by atoms with van der Waals surface area (Å²) >= 11 is 3.30. The molecule has 0 fully saturated rings. The van der Waals surface area contributed by atoms with Crippen molar-refractivity contribution in [2.24, 2.45) is 5.73 Å². The number of carbonyl (C=O) groups excluding carboxylic acids is 1. The number of benzene rings is 1. The van der Waals surface area contributed by atoms with Crippen LogP contribution in [0.15, 0.2) is 24.3 Å². The van der Waals surface area contributed by atoms with E-state index in [4.69, 9.17) is 5.73 Å². The van der Waals surface area contributed by atoms with Crippen LogP contribution in [0.5, 0.6) is 0 Å². The standard InChI is InChI=1S/C11H14BrNO3/c12-6-7-2-1-3-8(4-7)11(16)9(14)5-10(13)15/h1-4,9,11,14,16H,5-6H2,(H2,13,15). The summed E-state index contributed by atoms with van der Waals surface area (Å²) in [7, 11) is 0. The Hall–Kier alpha value is -0.910. The van der Waals surface area contributed by atoms with Crippen molar-refractivity contribution in [1.82, 2.24) is 0 Å². The first kappa shape index (κ1) is 13.2. The summed E-state index contributed by atoms with van der Waals surface area (Å²) in [4.78, 5) is 10.6. The van der Waals surface area contributed by atoms with E-state index in [9.17, 15) is 15.0 Å². The molecule has 1 aromatic rings. The Bertz CT molecular complexity index is 370. The lowest BCUT2D eigenvalue weighted by atomic mass is 10.0. The Morgan fingerprint density at radius 2 is 2.12 bits per heavy atom. The quantitative estimate of drug-likeness (QED) is 0.702. The van der Waals surface area contributed by atoms with E-state index in [2.05, 4.69) is 15.9 Å². The lowest BCUT2D eigenvalue weighted by Gasteiger charge is -2.17. The molecule has 0 aliphatic carbocycles. The Labute approximate surface area is 102 Å². The molecule has 0 saturated heterocycles. The van der Waals surface area contributed by atoms with Gasteiger partial charge in [-0.15, -0.1) is 0 Å². The third kappa shape index (κ3) is 3.59. The fourth-order valence-electron chi connectivity index (χ4n) is 1.40. The molecule has 1 rings (SSSR count). The smallest absolute Gasteiger partial charge is 0.220 e. The van der Waals surface area contributed by atoms with E-state index in [1.165, 1.54) is 0 Å². The summed E-state index contributed by atoms with van der Waals surface area (Å²) in [5.74, 6) is -0.636. The molecule has 5 heteroatoms. The number of nitrogens with two attached hydrogens (primary N) is 1. The number of hydrogen-bond donors (Lipinski definition) is 3. The van der Waals surface area contributed by atoms with Gasteiger partial charge in [0.25, 0.3) is 0 Å². The van der Waals surface area contributed by atoms with Crippen LogP contribution in [0, 0.1) is 0 Å². The molecule has 4 nitrogen and oxygen atoms in total. The fourth-order valence-corrected chi connectivity index (χ4v) is 1.75. The second-order valence-electron chi connectivity index (χ2n) is 3.56. The SMILES string of the molecule is NC(=O)CC(O)C(O)c1cccc(CBr)c1. The van der Waals surface area contributed by atoms with Crippen LogP contribution < -0.4 is 5.73 Å². The molecule has 0 radical (unpaired) electrons. The second kappa shape index (κ2) is 5.98. The van der Waals surface area contributed by atoms with Crippen molar-refractivity contribution >= 4 is 21.8 Å². The normalized spacial score (nSPS) is 14.4. The van der Waals surface area contributed by atoms with Gasteiger partial charge in [-0.05, 0) is 11.1 Å². The number of alkyl halides is 1. The first-order valence-electron chi connectivity index (χ1n) is 4.84. The first-order chi connectivity index (χ1) is 7.54. The number of halogens is 1. The second-order valence-corrected chi connectivity index (χ2v) is 4.12. The van der Waals surface area contributed by atoms with Crippen LogP contribution in [0.3, 0.4) is 0 Å². The van der Waals surface area contributed by atoms with Crippen LogP contribution in [0.2, 0.25) is 0 Å². The van der Waals surface area contributed by atoms with Gasteiger partial charge in [-0.2, -0.15) is 0 Å². The molecule has 2 atom stereocenters. The van der Waals surface area contributed by atoms with E-state index in [0.29, 0.717) is 10.9 Å². The highest BCUT2D eigenvalue weighted by atomic mass is 79.9. The van der Waals surface area contributed by atoms with Crippen molar-refractivity contribution < 1.29 is 15.0 Å². The van der Waals surface area contributed by atoms with Gasteiger partial charge in [0.1, 0.15) is 6.10 Å². The van der Waals surface area contributed by atoms with Crippen molar-refractivity contribution in [1.29, 1.82) is 0 Å². The first-order valence-corrected chi connectivity index (χ1v) is 5.96. The molecule has 0 spiro atoms. The van der Waals surface area contributed by atoms with E-state index in [1.54, 1.807) is 18.2 Å². The molecule has 0 saturated carbocycles. The number of aliphatic hydroxyl groups is 2. The summed E-state index contributed by atoms with van der Waals surface area (Å²) < 4.78 is 0. The summed E-state index contributed by atoms with van der Waals surface area (Å²) in [5, 5.41) is 20.0. The van der Waals surface area contributed by atoms with Crippen molar-refractivity contribution in [3.05, 3.63) is 35.4 Å². The molecule has 1 aromatic carbocycles. The molecular formula is C11H14BrNO3. The minimum atomic E-state index is -1.16. The number of primary amides is 1. The van der Waals surface area contributed by atoms with E-state index < -0.39 is 18.1 Å². The average molecular weight is 288 g/mol. The van der Waals surface area contributed by atoms with Crippen LogP contribution in [0.4, 0.5) is 0 Å². The Kier molecular flexibility index (Phi) is 4.92. The summed E-state index contributed by atoms with van der Waals surface area (Å²) in [6.07, 6.45) is -2.51. The molecule has 0 bridgehead atoms. The van der Waals surface area contributed by atoms with Crippen molar-refractivity contribution in [2.45, 2.75) is 24.0 Å². The number of hydrogen-bond acceptors (Lipinski definition) is 3. The van der Waals surface area contributed by atoms with Gasteiger partial charge >= 0.3 is 0 Å². The third-order valence-electron chi connectivity index (χ3n) is 2.22. The van der Waals surface area contributed by atoms with E-state index in [1.807, 2.05) is 6.07 Å². The zero-order chi connectivity index (χ0) is 12.1. The molecule has 2 unspecified atom stereocenters. The number of rotatable bonds is 5. The number of amides is 1. The highest BCUT2D eigenvalue weighted by Gasteiger charge is 2.20. The Balaban J connectivity index is 2.78. The third-order valence-corrected chi connectivity index (χ3v) is 2.87. The van der Waals surface area contributed by atoms with Crippen molar-refractivity contribution in [3.8, 4) is 0 Å². The fraction of sp³-hybridized carbons (Fsp3) is 0.364. The zero-order valence-electron chi connectivity index (χ0n) is 8.64. The number of carbonyl (C=O) groups is 1. The Morgan fingerprint density at radius 1 is 1.44 bits per heavy atom. The molecule has 0 heterocycles. The largest absolute Gasteiger partial charge is 0.390 e. The molecule has 0 aliphatic rings. The van der Waals surface area contributed by atoms with Gasteiger partial charge in [-0.25, -0.2) is 0 Å². The van der Waals surface area contributed by atoms with Gasteiger partial charge in [-0.3, -0.25) is 4.79 Å². The average Bonchev–Trinajstić information content (AvgIpc) is 2.27. The summed E-state index contributed by atoms with van der Waals surface area (Å²) in [6, 6.07) is 7.14. The number of aliphatic hydroxyl groups excluding tert-OH is 2. The van der Waals surface area contributed by atoms with E-state index in [0.717, 1.165) is 5.56 Å². The van der Waals surface area contributed by atoms with Crippen molar-refractivity contribution in [3.63, 3.8) is 0 Å². The maximum Gasteiger partial charge on any atom is 0.220 e. The molecular weight excluding hydrogens is 274 g/mol. The molecule has 0 aromatic heterocycles. The maximum atomic E-state index is 10.6. The van der Waals surface area contributed by atoms with Crippen LogP contribution >= 0.6 is 15.9 Å². The summed E-state index contributed by atoms with van der Waals surface area (Å²) in [6.45, 7) is 0. The van der Waals surface area contributed by atoms with Crippen LogP contribution in [-0.4, -0.2) is 22.2 Å². The highest BCUT2D eigenvalue weighted by Crippen LogP contribution is 2.20. The maximum absolute atomic E-state index is 10.6. The van der Waals surface area contributed by atoms with Gasteiger partial charge in [0.15, 0.2) is 0 Å². The molecule has 1 amide bonds. The summed E-state index contributed by atoms with van der Waals surface area (Å²) in [5.41, 5.74) is 6.51. The van der Waals surface area contributed by atoms with Gasteiger partial charge in [0, 0.05) is 5.33 Å². The minimum absolute atomic E-state index is 0.250. The predicted octanol–water partition coefficient (Wildman–Crippen LogP) is 0.851. The topological polar surface area (TPSA) is 83.6 Å². The van der Waals surface area contributed by atoms with Gasteiger partial charge in [-0.1, -0.05) is 40.2 Å². The van der Waals surface area contributed by atoms with Crippen molar-refractivity contribution in [2.75, 3.05) is 0 Å². The molecule has 4 N–H and O–H groups in total. The van der Waals surface area contributed by atoms with Crippen LogP contribution in [0.25, 0.3) is 0 Å². The van der Waals surface area contributed by atoms with Gasteiger partial charge in [0.05, 0.1) is 12.5 Å².